The monoisotopic (exact) mass is 432 g/mol. The molecule has 0 heterocycles. The number of rotatable bonds is 6. The molecular weight excluding hydrogens is 392 g/mol. The van der Waals surface area contributed by atoms with Gasteiger partial charge in [-0.05, 0) is 92.1 Å². The van der Waals surface area contributed by atoms with E-state index >= 15 is 0 Å². The number of hydrogen-bond acceptors (Lipinski definition) is 2. The molecule has 0 aromatic heterocycles. The van der Waals surface area contributed by atoms with Crippen LogP contribution in [0, 0.1) is 34.5 Å². The van der Waals surface area contributed by atoms with Crippen molar-refractivity contribution in [2.45, 2.75) is 90.9 Å². The molecule has 0 unspecified atom stereocenters. The number of fused-ring (bicyclic) bond motifs is 5. The van der Waals surface area contributed by atoms with Gasteiger partial charge in [0.1, 0.15) is 5.78 Å². The van der Waals surface area contributed by atoms with E-state index < -0.39 is 0 Å². The molecule has 4 aliphatic rings. The molecule has 6 atom stereocenters. The number of ketones is 2. The van der Waals surface area contributed by atoms with Crippen molar-refractivity contribution in [1.82, 2.24) is 0 Å². The highest BCUT2D eigenvalue weighted by Crippen LogP contribution is 2.65. The van der Waals surface area contributed by atoms with E-state index in [4.69, 9.17) is 0 Å². The van der Waals surface area contributed by atoms with Gasteiger partial charge in [-0.2, -0.15) is 0 Å². The predicted molar refractivity (Wildman–Crippen MR) is 129 cm³/mol. The molecular formula is C30H40O2. The van der Waals surface area contributed by atoms with Crippen LogP contribution in [0.3, 0.4) is 0 Å². The topological polar surface area (TPSA) is 34.1 Å². The molecule has 1 aromatic carbocycles. The van der Waals surface area contributed by atoms with Crippen molar-refractivity contribution in [3.05, 3.63) is 47.5 Å². The first-order chi connectivity index (χ1) is 15.4. The fraction of sp³-hybridized carbons (Fsp3) is 0.667. The van der Waals surface area contributed by atoms with E-state index in [-0.39, 0.29) is 10.8 Å². The molecule has 172 valence electrons. The molecule has 0 bridgehead atoms. The van der Waals surface area contributed by atoms with Crippen LogP contribution in [-0.2, 0) is 16.0 Å². The van der Waals surface area contributed by atoms with Crippen molar-refractivity contribution in [2.24, 2.45) is 34.5 Å². The second-order valence-electron chi connectivity index (χ2n) is 11.8. The van der Waals surface area contributed by atoms with Gasteiger partial charge in [0, 0.05) is 18.3 Å². The molecule has 0 spiro atoms. The summed E-state index contributed by atoms with van der Waals surface area (Å²) in [6.07, 6.45) is 15.3. The van der Waals surface area contributed by atoms with Gasteiger partial charge in [0.05, 0.1) is 0 Å². The number of carbonyl (C=O) groups is 2. The van der Waals surface area contributed by atoms with Crippen LogP contribution in [0.4, 0.5) is 0 Å². The quantitative estimate of drug-likeness (QED) is 0.449. The fourth-order valence-electron chi connectivity index (χ4n) is 8.37. The first-order valence-corrected chi connectivity index (χ1v) is 13.2. The predicted octanol–water partition coefficient (Wildman–Crippen LogP) is 7.12. The van der Waals surface area contributed by atoms with E-state index in [1.165, 1.54) is 49.7 Å². The molecule has 4 aliphatic carbocycles. The molecule has 0 aliphatic heterocycles. The number of Topliss-reactive ketones (excluding diaryl/α,β-unsaturated/α-hetero) is 1. The van der Waals surface area contributed by atoms with Gasteiger partial charge < -0.3 is 0 Å². The lowest BCUT2D eigenvalue weighted by Gasteiger charge is -2.59. The van der Waals surface area contributed by atoms with Crippen molar-refractivity contribution >= 4 is 11.6 Å². The third-order valence-corrected chi connectivity index (χ3v) is 10.2. The minimum absolute atomic E-state index is 0.0660. The summed E-state index contributed by atoms with van der Waals surface area (Å²) in [7, 11) is 0. The Balaban J connectivity index is 1.30. The highest BCUT2D eigenvalue weighted by Gasteiger charge is 2.60. The zero-order valence-electron chi connectivity index (χ0n) is 20.1. The van der Waals surface area contributed by atoms with Crippen LogP contribution in [0.25, 0.3) is 0 Å². The average molecular weight is 433 g/mol. The molecule has 0 N–H and O–H groups in total. The highest BCUT2D eigenvalue weighted by atomic mass is 16.1. The number of unbranched alkanes of at least 4 members (excludes halogenated alkanes) is 2. The van der Waals surface area contributed by atoms with Crippen molar-refractivity contribution in [3.63, 3.8) is 0 Å². The first-order valence-electron chi connectivity index (χ1n) is 13.2. The van der Waals surface area contributed by atoms with E-state index in [1.807, 2.05) is 0 Å². The molecule has 3 saturated carbocycles. The summed E-state index contributed by atoms with van der Waals surface area (Å²) in [5.74, 6) is 3.33. The van der Waals surface area contributed by atoms with Gasteiger partial charge in [-0.1, -0.05) is 62.6 Å². The first kappa shape index (κ1) is 22.1. The summed E-state index contributed by atoms with van der Waals surface area (Å²) in [6.45, 7) is 4.75. The largest absolute Gasteiger partial charge is 0.299 e. The summed E-state index contributed by atoms with van der Waals surface area (Å²) in [6, 6.07) is 10.8. The summed E-state index contributed by atoms with van der Waals surface area (Å²) >= 11 is 0. The Hall–Kier alpha value is -1.70. The molecule has 1 aromatic rings. The van der Waals surface area contributed by atoms with Crippen LogP contribution in [0.15, 0.2) is 42.0 Å². The van der Waals surface area contributed by atoms with Gasteiger partial charge >= 0.3 is 0 Å². The number of benzene rings is 1. The minimum Gasteiger partial charge on any atom is -0.299 e. The van der Waals surface area contributed by atoms with Crippen molar-refractivity contribution in [2.75, 3.05) is 0 Å². The molecule has 32 heavy (non-hydrogen) atoms. The zero-order chi connectivity index (χ0) is 22.3. The maximum Gasteiger partial charge on any atom is 0.155 e. The second kappa shape index (κ2) is 8.58. The van der Waals surface area contributed by atoms with Crippen LogP contribution >= 0.6 is 0 Å². The lowest BCUT2D eigenvalue weighted by Crippen LogP contribution is -2.52. The molecule has 0 radical (unpaired) electrons. The number of aryl methyl sites for hydroxylation is 1. The second-order valence-corrected chi connectivity index (χ2v) is 11.8. The van der Waals surface area contributed by atoms with E-state index in [1.54, 1.807) is 0 Å². The third kappa shape index (κ3) is 3.72. The molecule has 2 nitrogen and oxygen atoms in total. The molecule has 2 heteroatoms. The lowest BCUT2D eigenvalue weighted by molar-refractivity contribution is -0.133. The van der Waals surface area contributed by atoms with Gasteiger partial charge in [0.2, 0.25) is 0 Å². The highest BCUT2D eigenvalue weighted by molar-refractivity contribution is 5.92. The van der Waals surface area contributed by atoms with Crippen molar-refractivity contribution < 1.29 is 9.59 Å². The maximum absolute atomic E-state index is 12.8. The Kier molecular flexibility index (Phi) is 5.93. The van der Waals surface area contributed by atoms with Crippen LogP contribution < -0.4 is 0 Å². The Labute approximate surface area is 194 Å². The van der Waals surface area contributed by atoms with Crippen LogP contribution in [-0.4, -0.2) is 11.6 Å². The number of carbonyl (C=O) groups excluding carboxylic acids is 2. The molecule has 0 saturated heterocycles. The van der Waals surface area contributed by atoms with Crippen LogP contribution in [0.2, 0.25) is 0 Å². The number of allylic oxidation sites excluding steroid dienone is 1. The normalized spacial score (nSPS) is 38.6. The summed E-state index contributed by atoms with van der Waals surface area (Å²) in [5, 5.41) is 0. The van der Waals surface area contributed by atoms with Gasteiger partial charge in [0.25, 0.3) is 0 Å². The Morgan fingerprint density at radius 2 is 1.66 bits per heavy atom. The molecule has 3 fully saturated rings. The van der Waals surface area contributed by atoms with Crippen molar-refractivity contribution in [1.29, 1.82) is 0 Å². The smallest absolute Gasteiger partial charge is 0.155 e. The third-order valence-electron chi connectivity index (χ3n) is 10.2. The number of hydrogen-bond donors (Lipinski definition) is 0. The molecule has 0 amide bonds. The average Bonchev–Trinajstić information content (AvgIpc) is 3.10. The van der Waals surface area contributed by atoms with E-state index in [9.17, 15) is 9.59 Å². The lowest BCUT2D eigenvalue weighted by atomic mass is 9.45. The van der Waals surface area contributed by atoms with Gasteiger partial charge in [-0.25, -0.2) is 0 Å². The van der Waals surface area contributed by atoms with E-state index in [0.717, 1.165) is 32.1 Å². The van der Waals surface area contributed by atoms with Crippen molar-refractivity contribution in [3.8, 4) is 0 Å². The standard InChI is InChI=1S/C30H40O2/c1-29-17-15-23(31)20-27(29)22(12-8-4-7-11-21-9-5-3-6-10-21)19-24-25-13-14-28(32)30(25,2)18-16-26(24)29/h3,5-6,9-10,20,22,24-26H,4,7-8,11-19H2,1-2H3/t22-,24+,25+,26+,29-,30+/m1/s1. The van der Waals surface area contributed by atoms with E-state index in [2.05, 4.69) is 50.3 Å². The summed E-state index contributed by atoms with van der Waals surface area (Å²) in [5.41, 5.74) is 3.04. The summed E-state index contributed by atoms with van der Waals surface area (Å²) in [4.78, 5) is 25.3. The molecule has 5 rings (SSSR count). The zero-order valence-corrected chi connectivity index (χ0v) is 20.1. The minimum atomic E-state index is -0.0660. The Bertz CT molecular complexity index is 899. The van der Waals surface area contributed by atoms with Gasteiger partial charge in [0.15, 0.2) is 5.78 Å². The maximum atomic E-state index is 12.8. The summed E-state index contributed by atoms with van der Waals surface area (Å²) < 4.78 is 0. The van der Waals surface area contributed by atoms with Crippen LogP contribution in [0.1, 0.15) is 90.0 Å². The van der Waals surface area contributed by atoms with Gasteiger partial charge in [-0.15, -0.1) is 0 Å². The fourth-order valence-corrected chi connectivity index (χ4v) is 8.37. The Morgan fingerprint density at radius 1 is 0.875 bits per heavy atom. The SMILES string of the molecule is C[C@]12CCC(=O)C=C1[C@H](CCCCCc1ccccc1)C[C@@H]1[C@@H]2CC[C@]2(C)C(=O)CC[C@@H]12. The van der Waals surface area contributed by atoms with Gasteiger partial charge in [-0.3, -0.25) is 9.59 Å². The van der Waals surface area contributed by atoms with E-state index in [0.29, 0.717) is 41.7 Å². The Morgan fingerprint density at radius 3 is 2.47 bits per heavy atom. The van der Waals surface area contributed by atoms with Crippen LogP contribution in [0.5, 0.6) is 0 Å².